The van der Waals surface area contributed by atoms with Gasteiger partial charge in [-0.25, -0.2) is 4.98 Å². The lowest BCUT2D eigenvalue weighted by atomic mass is 9.78. The Morgan fingerprint density at radius 3 is 1.10 bits per heavy atom. The Hall–Kier alpha value is -7.51. The van der Waals surface area contributed by atoms with Crippen molar-refractivity contribution in [2.75, 3.05) is 24.7 Å². The molecule has 6 aliphatic carbocycles. The number of nitrogens with zero attached hydrogens (tertiary/aromatic N) is 1. The highest BCUT2D eigenvalue weighted by Gasteiger charge is 2.40. The van der Waals surface area contributed by atoms with Gasteiger partial charge in [0.2, 0.25) is 0 Å². The summed E-state index contributed by atoms with van der Waals surface area (Å²) in [6, 6.07) is 69.6. The first-order chi connectivity index (χ1) is 50.3. The van der Waals surface area contributed by atoms with E-state index >= 15 is 0 Å². The molecule has 0 bridgehead atoms. The molecule has 8 aromatic rings. The molecule has 0 radical (unpaired) electrons. The number of nitrogens with one attached hydrogen (secondary N) is 1. The normalized spacial score (nSPS) is 22.1. The molecule has 6 saturated carbocycles. The lowest BCUT2D eigenvalue weighted by Crippen LogP contribution is -2.35. The number of fused-ring (bicyclic) bond motifs is 1. The van der Waals surface area contributed by atoms with Crippen LogP contribution in [-0.2, 0) is 63.1 Å². The van der Waals surface area contributed by atoms with Crippen molar-refractivity contribution in [1.82, 2.24) is 9.97 Å². The van der Waals surface area contributed by atoms with Crippen LogP contribution in [0.3, 0.4) is 0 Å². The number of aromatic nitrogens is 2. The minimum Gasteiger partial charge on any atom is -0.457 e. The second kappa shape index (κ2) is 45.8. The fourth-order valence-electron chi connectivity index (χ4n) is 16.5. The van der Waals surface area contributed by atoms with Crippen molar-refractivity contribution < 1.29 is 34.8 Å². The van der Waals surface area contributed by atoms with Gasteiger partial charge in [0, 0.05) is 51.4 Å². The summed E-state index contributed by atoms with van der Waals surface area (Å²) in [7, 11) is 0. The Kier molecular flexibility index (Phi) is 36.1. The van der Waals surface area contributed by atoms with Crippen molar-refractivity contribution in [3.8, 4) is 0 Å². The molecule has 2 heterocycles. The molecule has 1 aromatic heterocycles. The molecule has 1 aliphatic heterocycles. The van der Waals surface area contributed by atoms with Crippen LogP contribution < -0.4 is 11.5 Å². The number of carbonyl (C=O) groups is 2. The fourth-order valence-corrected chi connectivity index (χ4v) is 16.5. The highest BCUT2D eigenvalue weighted by atomic mass is 16.7. The lowest BCUT2D eigenvalue weighted by molar-refractivity contribution is -0.179. The molecule has 0 atom stereocenters. The number of anilines is 2. The van der Waals surface area contributed by atoms with Crippen LogP contribution in [0.15, 0.2) is 212 Å². The summed E-state index contributed by atoms with van der Waals surface area (Å²) < 4.78 is 10.9. The van der Waals surface area contributed by atoms with E-state index in [-0.39, 0.29) is 11.3 Å². The molecule has 7 fully saturated rings. The fraction of sp³-hybridized carbons (Fsp3) is 0.495. The van der Waals surface area contributed by atoms with Crippen molar-refractivity contribution in [2.24, 2.45) is 47.3 Å². The van der Waals surface area contributed by atoms with Crippen molar-refractivity contribution in [3.05, 3.63) is 245 Å². The number of para-hydroxylation sites is 4. The molecule has 0 amide bonds. The molecular formula is C93H127N4O7+. The summed E-state index contributed by atoms with van der Waals surface area (Å²) in [4.78, 5) is 30.2. The average molecular weight is 1410 g/mol. The van der Waals surface area contributed by atoms with Crippen molar-refractivity contribution >= 4 is 34.0 Å². The number of hydrogen-bond acceptors (Lipinski definition) is 9. The zero-order valence-electron chi connectivity index (χ0n) is 63.1. The molecule has 0 unspecified atom stereocenters. The van der Waals surface area contributed by atoms with E-state index in [9.17, 15) is 9.59 Å². The Balaban J connectivity index is 0.000000156. The summed E-state index contributed by atoms with van der Waals surface area (Å²) in [5.41, 5.74) is 23.4. The first-order valence-corrected chi connectivity index (χ1v) is 39.9. The number of benzene rings is 7. The number of ketones is 2. The number of nitrogen functional groups attached to an aromatic ring is 2. The third-order valence-corrected chi connectivity index (χ3v) is 23.0. The molecule has 11 nitrogen and oxygen atoms in total. The van der Waals surface area contributed by atoms with Gasteiger partial charge in [-0.2, -0.15) is 0 Å². The van der Waals surface area contributed by atoms with Crippen LogP contribution in [0.2, 0.25) is 0 Å². The van der Waals surface area contributed by atoms with Gasteiger partial charge in [0.25, 0.3) is 0 Å². The third kappa shape index (κ3) is 30.2. The summed E-state index contributed by atoms with van der Waals surface area (Å²) >= 11 is 0. The Morgan fingerprint density at radius 1 is 0.423 bits per heavy atom. The zero-order valence-corrected chi connectivity index (χ0v) is 63.1. The smallest absolute Gasteiger partial charge is 0.169 e. The Morgan fingerprint density at radius 2 is 0.740 bits per heavy atom. The number of allylic oxidation sites excluding steroid dienone is 2. The van der Waals surface area contributed by atoms with Crippen LogP contribution in [0.1, 0.15) is 214 Å². The summed E-state index contributed by atoms with van der Waals surface area (Å²) in [5, 5.41) is 17.9. The van der Waals surface area contributed by atoms with E-state index in [1.807, 2.05) is 18.2 Å². The highest BCUT2D eigenvalue weighted by molar-refractivity contribution is 5.79. The number of rotatable bonds is 15. The van der Waals surface area contributed by atoms with Gasteiger partial charge in [0.05, 0.1) is 35.6 Å². The molecule has 7 aromatic carbocycles. The van der Waals surface area contributed by atoms with E-state index in [0.29, 0.717) is 61.3 Å². The summed E-state index contributed by atoms with van der Waals surface area (Å²) in [6.07, 6.45) is 38.3. The number of carbonyl (C=O) groups excluding carboxylic acids is 2. The zero-order chi connectivity index (χ0) is 72.1. The quantitative estimate of drug-likeness (QED) is 0.0286. The lowest BCUT2D eigenvalue weighted by Gasteiger charge is -2.30. The van der Waals surface area contributed by atoms with Gasteiger partial charge in [-0.3, -0.25) is 9.59 Å². The number of imidazole rings is 1. The van der Waals surface area contributed by atoms with Crippen molar-refractivity contribution in [2.45, 2.75) is 231 Å². The van der Waals surface area contributed by atoms with Gasteiger partial charge >= 0.3 is 0 Å². The van der Waals surface area contributed by atoms with Crippen LogP contribution >= 0.6 is 0 Å². The summed E-state index contributed by atoms with van der Waals surface area (Å²) in [6.45, 7) is 5.89. The van der Waals surface area contributed by atoms with Crippen LogP contribution in [0, 0.1) is 47.3 Å². The monoisotopic (exact) mass is 1410 g/mol. The molecule has 11 heteroatoms. The van der Waals surface area contributed by atoms with Crippen LogP contribution in [0.25, 0.3) is 11.0 Å². The Labute approximate surface area is 624 Å². The molecule has 1 spiro atoms. The first-order valence-electron chi connectivity index (χ1n) is 39.9. The van der Waals surface area contributed by atoms with Crippen LogP contribution in [0.5, 0.6) is 0 Å². The SMILES string of the molecule is CC=C1CCC(Cc2ccccc2)CC1.CCC1CCC(Cc2ccccc2)CC1.Nc1ccccc1N.O=C1CCC(Cc2ccccc2)CC1.O=C1CCC2(CC1)OCCO2.OC(O)CC1CCC(Cc2ccccc2)CC1.[OH3+].c1ccc(CC2CCC(Cc3nc4ccccc4[nH]3)CC2)cc1. The van der Waals surface area contributed by atoms with E-state index in [4.69, 9.17) is 36.1 Å². The minimum absolute atomic E-state index is 0. The van der Waals surface area contributed by atoms with E-state index in [2.05, 4.69) is 195 Å². The van der Waals surface area contributed by atoms with Gasteiger partial charge in [-0.15, -0.1) is 0 Å². The standard InChI is InChI=1S/C21H24N2.C15H22O2.C15H22.C15H20.C13H16O.C8H12O3.C6H8N2.H2O/c1-2-6-16(7-3-1)14-17-10-12-18(13-11-17)15-21-22-19-8-4-5-9-20(19)23-21;16-15(17)11-14-8-6-13(7-9-14)10-12-4-2-1-3-5-12;2*1-2-13-8-10-15(11-9-13)12-14-6-4-3-5-7-14;14-13-8-6-12(7-9-13)10-11-4-2-1-3-5-11;9-7-1-3-8(4-2-7)10-5-6-11-8;7-5-3-1-2-4-6(5)8;/h1-9,17-18H,10-15H2,(H,22,23);1-5,13-17H,6-11H2;3-7,13,15H,2,8-12H2,1H3;2-7,15H,8-12H2,1H3;1-5,12H,6-10H2;1-6H2;1-4H,7-8H2;1H2/p+1. The number of H-pyrrole nitrogens is 1. The average Bonchev–Trinajstić information content (AvgIpc) is 1.66. The van der Waals surface area contributed by atoms with Gasteiger partial charge in [0.15, 0.2) is 12.1 Å². The second-order valence-corrected chi connectivity index (χ2v) is 30.8. The van der Waals surface area contributed by atoms with Crippen LogP contribution in [0.4, 0.5) is 11.4 Å². The van der Waals surface area contributed by atoms with Crippen molar-refractivity contribution in [3.63, 3.8) is 0 Å². The maximum Gasteiger partial charge on any atom is 0.169 e. The predicted molar refractivity (Wildman–Crippen MR) is 431 cm³/mol. The highest BCUT2D eigenvalue weighted by Crippen LogP contribution is 2.38. The number of aliphatic hydroxyl groups is 2. The number of aromatic amines is 1. The number of ether oxygens (including phenoxy) is 2. The second-order valence-electron chi connectivity index (χ2n) is 30.8. The number of Topliss-reactive ketones (excluding diaryl/α,β-unsaturated/α-hetero) is 2. The molecule has 10 N–H and O–H groups in total. The third-order valence-electron chi connectivity index (χ3n) is 23.0. The van der Waals surface area contributed by atoms with Gasteiger partial charge < -0.3 is 41.6 Å². The first kappa shape index (κ1) is 82.1. The van der Waals surface area contributed by atoms with E-state index in [1.54, 1.807) is 17.7 Å². The molecule has 7 aliphatic rings. The topological polar surface area (TPSA) is 207 Å². The van der Waals surface area contributed by atoms with E-state index in [1.165, 1.54) is 155 Å². The van der Waals surface area contributed by atoms with Gasteiger partial charge in [-0.05, 0) is 241 Å². The molecule has 15 rings (SSSR count). The number of nitrogens with two attached hydrogens (primary N) is 2. The maximum absolute atomic E-state index is 11.1. The van der Waals surface area contributed by atoms with E-state index < -0.39 is 6.29 Å². The van der Waals surface area contributed by atoms with Gasteiger partial charge in [0.1, 0.15) is 17.4 Å². The number of hydrogen-bond donors (Lipinski definition) is 5. The largest absolute Gasteiger partial charge is 0.457 e. The Bertz CT molecular complexity index is 3540. The van der Waals surface area contributed by atoms with Crippen molar-refractivity contribution in [1.29, 1.82) is 0 Å². The minimum atomic E-state index is -1.12. The summed E-state index contributed by atoms with van der Waals surface area (Å²) in [5.74, 6) is 8.17. The maximum atomic E-state index is 11.1. The molecule has 104 heavy (non-hydrogen) atoms. The number of aliphatic hydroxyl groups excluding tert-OH is 1. The molecule has 560 valence electrons. The van der Waals surface area contributed by atoms with Crippen LogP contribution in [-0.4, -0.2) is 57.0 Å². The van der Waals surface area contributed by atoms with Gasteiger partial charge in [-0.1, -0.05) is 214 Å². The van der Waals surface area contributed by atoms with E-state index in [0.717, 1.165) is 117 Å². The molecule has 1 saturated heterocycles. The predicted octanol–water partition coefficient (Wildman–Crippen LogP) is 20.5. The molecular weight excluding hydrogens is 1290 g/mol.